The van der Waals surface area contributed by atoms with E-state index >= 15 is 0 Å². The molecular formula is C22H36N4. The molecule has 1 aromatic carbocycles. The van der Waals surface area contributed by atoms with E-state index in [-0.39, 0.29) is 5.41 Å². The predicted molar refractivity (Wildman–Crippen MR) is 111 cm³/mol. The zero-order chi connectivity index (χ0) is 18.4. The average Bonchev–Trinajstić information content (AvgIpc) is 3.16. The van der Waals surface area contributed by atoms with E-state index in [1.807, 2.05) is 7.05 Å². The average molecular weight is 357 g/mol. The fourth-order valence-corrected chi connectivity index (χ4v) is 4.61. The normalized spacial score (nSPS) is 21.9. The minimum Gasteiger partial charge on any atom is -0.356 e. The molecule has 2 aliphatic rings. The summed E-state index contributed by atoms with van der Waals surface area (Å²) in [5.41, 5.74) is 1.74. The molecule has 1 aliphatic heterocycles. The Bertz CT molecular complexity index is 567. The van der Waals surface area contributed by atoms with Crippen LogP contribution in [0.2, 0.25) is 0 Å². The molecule has 0 bridgehead atoms. The van der Waals surface area contributed by atoms with Crippen molar-refractivity contribution in [3.8, 4) is 0 Å². The van der Waals surface area contributed by atoms with Crippen molar-refractivity contribution in [2.24, 2.45) is 4.99 Å². The number of likely N-dealkylation sites (tertiary alicyclic amines) is 1. The van der Waals surface area contributed by atoms with Gasteiger partial charge in [-0.3, -0.25) is 4.99 Å². The lowest BCUT2D eigenvalue weighted by atomic mass is 9.79. The van der Waals surface area contributed by atoms with Gasteiger partial charge in [0.05, 0.1) is 0 Å². The second-order valence-electron chi connectivity index (χ2n) is 8.33. The molecule has 2 N–H and O–H groups in total. The van der Waals surface area contributed by atoms with Crippen LogP contribution in [0.3, 0.4) is 0 Å². The highest BCUT2D eigenvalue weighted by Crippen LogP contribution is 2.40. The summed E-state index contributed by atoms with van der Waals surface area (Å²) in [6.45, 7) is 7.92. The van der Waals surface area contributed by atoms with Gasteiger partial charge in [0, 0.05) is 44.2 Å². The molecule has 4 heteroatoms. The van der Waals surface area contributed by atoms with Crippen LogP contribution in [-0.4, -0.2) is 49.6 Å². The topological polar surface area (TPSA) is 39.7 Å². The maximum absolute atomic E-state index is 4.50. The van der Waals surface area contributed by atoms with Crippen molar-refractivity contribution in [1.82, 2.24) is 15.5 Å². The Hall–Kier alpha value is -1.55. The van der Waals surface area contributed by atoms with Crippen LogP contribution in [0.4, 0.5) is 0 Å². The number of piperidine rings is 1. The van der Waals surface area contributed by atoms with Gasteiger partial charge in [-0.2, -0.15) is 0 Å². The largest absolute Gasteiger partial charge is 0.356 e. The molecule has 1 saturated heterocycles. The lowest BCUT2D eigenvalue weighted by Gasteiger charge is -2.36. The van der Waals surface area contributed by atoms with Crippen molar-refractivity contribution in [1.29, 1.82) is 0 Å². The molecule has 0 amide bonds. The maximum atomic E-state index is 4.50. The smallest absolute Gasteiger partial charge is 0.191 e. The summed E-state index contributed by atoms with van der Waals surface area (Å²) in [6.07, 6.45) is 7.60. The minimum absolute atomic E-state index is 0.264. The van der Waals surface area contributed by atoms with E-state index in [9.17, 15) is 0 Å². The second kappa shape index (κ2) is 8.90. The van der Waals surface area contributed by atoms with Crippen LogP contribution in [0.5, 0.6) is 0 Å². The zero-order valence-corrected chi connectivity index (χ0v) is 16.8. The predicted octanol–water partition coefficient (Wildman–Crippen LogP) is 3.54. The van der Waals surface area contributed by atoms with E-state index in [1.165, 1.54) is 57.2 Å². The van der Waals surface area contributed by atoms with E-state index in [0.29, 0.717) is 12.1 Å². The molecule has 0 atom stereocenters. The number of guanidine groups is 1. The molecule has 144 valence electrons. The van der Waals surface area contributed by atoms with Gasteiger partial charge >= 0.3 is 0 Å². The van der Waals surface area contributed by atoms with Crippen molar-refractivity contribution in [3.63, 3.8) is 0 Å². The molecule has 3 rings (SSSR count). The minimum atomic E-state index is 0.264. The molecule has 26 heavy (non-hydrogen) atoms. The van der Waals surface area contributed by atoms with Crippen molar-refractivity contribution < 1.29 is 0 Å². The van der Waals surface area contributed by atoms with Crippen molar-refractivity contribution >= 4 is 5.96 Å². The Balaban J connectivity index is 1.55. The molecule has 0 unspecified atom stereocenters. The van der Waals surface area contributed by atoms with Gasteiger partial charge in [0.2, 0.25) is 0 Å². The van der Waals surface area contributed by atoms with Gasteiger partial charge in [0.15, 0.2) is 5.96 Å². The van der Waals surface area contributed by atoms with Gasteiger partial charge < -0.3 is 15.5 Å². The van der Waals surface area contributed by atoms with E-state index in [2.05, 4.69) is 64.7 Å². The number of nitrogens with one attached hydrogen (secondary N) is 2. The fraction of sp³-hybridized carbons (Fsp3) is 0.682. The Kier molecular flexibility index (Phi) is 6.58. The molecule has 0 spiro atoms. The molecule has 0 radical (unpaired) electrons. The summed E-state index contributed by atoms with van der Waals surface area (Å²) in [5.74, 6) is 0.968. The SMILES string of the molecule is CN=C(NCC1(c2ccccc2)CCCC1)NC1CCN(C(C)C)CC1. The van der Waals surface area contributed by atoms with Crippen LogP contribution in [0.25, 0.3) is 0 Å². The third kappa shape index (κ3) is 4.59. The van der Waals surface area contributed by atoms with Crippen LogP contribution in [0, 0.1) is 0 Å². The first-order chi connectivity index (χ1) is 12.6. The zero-order valence-electron chi connectivity index (χ0n) is 16.8. The number of hydrogen-bond donors (Lipinski definition) is 2. The van der Waals surface area contributed by atoms with Gasteiger partial charge in [0.25, 0.3) is 0 Å². The third-order valence-electron chi connectivity index (χ3n) is 6.37. The Morgan fingerprint density at radius 1 is 1.15 bits per heavy atom. The monoisotopic (exact) mass is 356 g/mol. The van der Waals surface area contributed by atoms with E-state index in [1.54, 1.807) is 0 Å². The van der Waals surface area contributed by atoms with Gasteiger partial charge in [-0.15, -0.1) is 0 Å². The van der Waals surface area contributed by atoms with Crippen LogP contribution < -0.4 is 10.6 Å². The molecule has 0 aromatic heterocycles. The highest BCUT2D eigenvalue weighted by molar-refractivity contribution is 5.80. The Morgan fingerprint density at radius 2 is 1.81 bits per heavy atom. The van der Waals surface area contributed by atoms with Crippen LogP contribution in [-0.2, 0) is 5.41 Å². The Labute approximate surface area is 159 Å². The molecular weight excluding hydrogens is 320 g/mol. The second-order valence-corrected chi connectivity index (χ2v) is 8.33. The fourth-order valence-electron chi connectivity index (χ4n) is 4.61. The van der Waals surface area contributed by atoms with Gasteiger partial charge in [-0.1, -0.05) is 43.2 Å². The number of rotatable bonds is 5. The maximum Gasteiger partial charge on any atom is 0.191 e. The molecule has 1 heterocycles. The van der Waals surface area contributed by atoms with Crippen LogP contribution in [0.15, 0.2) is 35.3 Å². The first-order valence-electron chi connectivity index (χ1n) is 10.4. The molecule has 4 nitrogen and oxygen atoms in total. The number of benzene rings is 1. The molecule has 1 aromatic rings. The standard InChI is InChI=1S/C22H36N4/c1-18(2)26-15-11-20(12-16-26)25-21(23-3)24-17-22(13-7-8-14-22)19-9-5-4-6-10-19/h4-6,9-10,18,20H,7-8,11-17H2,1-3H3,(H2,23,24,25). The molecule has 2 fully saturated rings. The quantitative estimate of drug-likeness (QED) is 0.626. The van der Waals surface area contributed by atoms with Crippen molar-refractivity contribution in [3.05, 3.63) is 35.9 Å². The highest BCUT2D eigenvalue weighted by atomic mass is 15.2. The summed E-state index contributed by atoms with van der Waals surface area (Å²) in [5, 5.41) is 7.33. The summed E-state index contributed by atoms with van der Waals surface area (Å²) in [7, 11) is 1.89. The Morgan fingerprint density at radius 3 is 2.38 bits per heavy atom. The first-order valence-corrected chi connectivity index (χ1v) is 10.4. The van der Waals surface area contributed by atoms with Gasteiger partial charge in [0.1, 0.15) is 0 Å². The lowest BCUT2D eigenvalue weighted by molar-refractivity contribution is 0.167. The number of nitrogens with zero attached hydrogens (tertiary/aromatic N) is 2. The van der Waals surface area contributed by atoms with E-state index in [0.717, 1.165) is 12.5 Å². The lowest BCUT2D eigenvalue weighted by Crippen LogP contribution is -2.51. The summed E-state index contributed by atoms with van der Waals surface area (Å²) >= 11 is 0. The van der Waals surface area contributed by atoms with E-state index < -0.39 is 0 Å². The summed E-state index contributed by atoms with van der Waals surface area (Å²) in [6, 6.07) is 12.2. The van der Waals surface area contributed by atoms with E-state index in [4.69, 9.17) is 0 Å². The first kappa shape index (κ1) is 19.2. The van der Waals surface area contributed by atoms with Crippen LogP contribution >= 0.6 is 0 Å². The third-order valence-corrected chi connectivity index (χ3v) is 6.37. The summed E-state index contributed by atoms with van der Waals surface area (Å²) in [4.78, 5) is 7.07. The van der Waals surface area contributed by atoms with Gasteiger partial charge in [-0.25, -0.2) is 0 Å². The van der Waals surface area contributed by atoms with Crippen molar-refractivity contribution in [2.75, 3.05) is 26.7 Å². The summed E-state index contributed by atoms with van der Waals surface area (Å²) < 4.78 is 0. The number of aliphatic imine (C=N–C) groups is 1. The van der Waals surface area contributed by atoms with Crippen LogP contribution in [0.1, 0.15) is 57.9 Å². The van der Waals surface area contributed by atoms with Crippen molar-refractivity contribution in [2.45, 2.75) is 69.9 Å². The highest BCUT2D eigenvalue weighted by Gasteiger charge is 2.35. The van der Waals surface area contributed by atoms with Gasteiger partial charge in [-0.05, 0) is 45.1 Å². The molecule has 1 aliphatic carbocycles. The molecule has 1 saturated carbocycles. The number of hydrogen-bond acceptors (Lipinski definition) is 2.